The van der Waals surface area contributed by atoms with Gasteiger partial charge in [-0.1, -0.05) is 35.3 Å². The van der Waals surface area contributed by atoms with Crippen LogP contribution in [0.5, 0.6) is 0 Å². The number of halogens is 2. The summed E-state index contributed by atoms with van der Waals surface area (Å²) < 4.78 is 0. The predicted octanol–water partition coefficient (Wildman–Crippen LogP) is 4.03. The van der Waals surface area contributed by atoms with Gasteiger partial charge in [0.1, 0.15) is 6.04 Å². The van der Waals surface area contributed by atoms with E-state index < -0.39 is 29.7 Å². The van der Waals surface area contributed by atoms with Crippen molar-refractivity contribution in [3.05, 3.63) is 56.2 Å². The van der Waals surface area contributed by atoms with Crippen LogP contribution >= 0.6 is 46.3 Å². The van der Waals surface area contributed by atoms with Gasteiger partial charge in [0.05, 0.1) is 14.9 Å². The van der Waals surface area contributed by atoms with Crippen LogP contribution in [-0.2, 0) is 14.4 Å². The Hall–Kier alpha value is -2.53. The van der Waals surface area contributed by atoms with Crippen molar-refractivity contribution < 1.29 is 24.3 Å². The molecule has 8 nitrogen and oxygen atoms in total. The van der Waals surface area contributed by atoms with Crippen molar-refractivity contribution in [2.24, 2.45) is 5.92 Å². The van der Waals surface area contributed by atoms with Crippen LogP contribution in [0.25, 0.3) is 6.08 Å². The van der Waals surface area contributed by atoms with E-state index in [1.807, 2.05) is 12.3 Å². The number of piperidine rings is 1. The fourth-order valence-corrected chi connectivity index (χ4v) is 5.45. The van der Waals surface area contributed by atoms with E-state index >= 15 is 0 Å². The number of thiophene rings is 1. The Bertz CT molecular complexity index is 1150. The Morgan fingerprint density at radius 3 is 2.53 bits per heavy atom. The lowest BCUT2D eigenvalue weighted by atomic mass is 9.95. The second-order valence-electron chi connectivity index (χ2n) is 8.00. The van der Waals surface area contributed by atoms with E-state index in [0.717, 1.165) is 4.90 Å². The standard InChI is InChI=1S/C24H25Cl2N3O5S2/c1-35-17-6-4-14(20(25)21(17)26)5-7-19(30)29-10-8-15(9-11-29)22(31)28-16(24(33)34)13-27-23(32)18-3-2-12-36-18/h2-7,12,15-16H,8-11,13H2,1H3,(H,27,32)(H,28,31)(H,33,34)/b7-5+/t16-/m0/s1. The maximum atomic E-state index is 12.7. The molecule has 0 spiro atoms. The molecule has 0 radical (unpaired) electrons. The molecule has 1 aromatic carbocycles. The molecule has 3 amide bonds. The first-order valence-corrected chi connectivity index (χ1v) is 13.9. The number of carboxylic acid groups (broad SMARTS) is 1. The van der Waals surface area contributed by atoms with Crippen LogP contribution in [-0.4, -0.2) is 65.6 Å². The Balaban J connectivity index is 1.49. The Kier molecular flexibility index (Phi) is 10.2. The number of likely N-dealkylation sites (tertiary alicyclic amines) is 1. The van der Waals surface area contributed by atoms with E-state index in [9.17, 15) is 24.3 Å². The smallest absolute Gasteiger partial charge is 0.328 e. The number of rotatable bonds is 9. The number of carboxylic acids is 1. The number of thioether (sulfide) groups is 1. The first-order chi connectivity index (χ1) is 17.2. The van der Waals surface area contributed by atoms with Crippen LogP contribution in [0.1, 0.15) is 28.1 Å². The van der Waals surface area contributed by atoms with Gasteiger partial charge in [-0.15, -0.1) is 23.1 Å². The normalized spacial score (nSPS) is 15.0. The van der Waals surface area contributed by atoms with Crippen LogP contribution < -0.4 is 10.6 Å². The van der Waals surface area contributed by atoms with Gasteiger partial charge in [-0.25, -0.2) is 4.79 Å². The zero-order valence-electron chi connectivity index (χ0n) is 19.3. The lowest BCUT2D eigenvalue weighted by Gasteiger charge is -2.31. The Labute approximate surface area is 227 Å². The molecular formula is C24H25Cl2N3O5S2. The summed E-state index contributed by atoms with van der Waals surface area (Å²) in [4.78, 5) is 51.9. The fourth-order valence-electron chi connectivity index (χ4n) is 3.64. The van der Waals surface area contributed by atoms with Crippen molar-refractivity contribution in [3.63, 3.8) is 0 Å². The van der Waals surface area contributed by atoms with Crippen LogP contribution in [0.4, 0.5) is 0 Å². The van der Waals surface area contributed by atoms with Gasteiger partial charge in [0.15, 0.2) is 0 Å². The van der Waals surface area contributed by atoms with Crippen molar-refractivity contribution in [1.82, 2.24) is 15.5 Å². The molecule has 3 N–H and O–H groups in total. The van der Waals surface area contributed by atoms with Gasteiger partial charge in [-0.3, -0.25) is 14.4 Å². The monoisotopic (exact) mass is 569 g/mol. The third-order valence-corrected chi connectivity index (χ3v) is 8.36. The van der Waals surface area contributed by atoms with Gasteiger partial charge in [-0.05, 0) is 48.2 Å². The molecular weight excluding hydrogens is 545 g/mol. The minimum Gasteiger partial charge on any atom is -0.480 e. The van der Waals surface area contributed by atoms with Crippen LogP contribution in [0, 0.1) is 5.92 Å². The number of nitrogens with zero attached hydrogens (tertiary/aromatic N) is 1. The number of aliphatic carboxylic acids is 1. The molecule has 0 bridgehead atoms. The minimum atomic E-state index is -1.25. The molecule has 1 atom stereocenters. The Morgan fingerprint density at radius 1 is 1.19 bits per heavy atom. The van der Waals surface area contributed by atoms with Crippen LogP contribution in [0.3, 0.4) is 0 Å². The first-order valence-electron chi connectivity index (χ1n) is 11.0. The Morgan fingerprint density at radius 2 is 1.92 bits per heavy atom. The van der Waals surface area contributed by atoms with Gasteiger partial charge in [0, 0.05) is 36.5 Å². The molecule has 12 heteroatoms. The number of nitrogens with one attached hydrogen (secondary N) is 2. The number of hydrogen-bond acceptors (Lipinski definition) is 6. The molecule has 1 aromatic heterocycles. The number of benzene rings is 1. The molecule has 1 aliphatic rings. The zero-order chi connectivity index (χ0) is 26.2. The highest BCUT2D eigenvalue weighted by Crippen LogP contribution is 2.35. The molecule has 2 aromatic rings. The highest BCUT2D eigenvalue weighted by Gasteiger charge is 2.30. The molecule has 0 unspecified atom stereocenters. The summed E-state index contributed by atoms with van der Waals surface area (Å²) in [6, 6.07) is 5.73. The van der Waals surface area contributed by atoms with Crippen molar-refractivity contribution >= 4 is 76.1 Å². The molecule has 0 saturated carbocycles. The summed E-state index contributed by atoms with van der Waals surface area (Å²) in [6.45, 7) is 0.479. The topological polar surface area (TPSA) is 116 Å². The third kappa shape index (κ3) is 7.25. The van der Waals surface area contributed by atoms with Crippen LogP contribution in [0.2, 0.25) is 10.0 Å². The van der Waals surface area contributed by atoms with E-state index in [4.69, 9.17) is 23.2 Å². The van der Waals surface area contributed by atoms with E-state index in [0.29, 0.717) is 46.4 Å². The fraction of sp³-hybridized carbons (Fsp3) is 0.333. The summed E-state index contributed by atoms with van der Waals surface area (Å²) in [5.41, 5.74) is 0.632. The third-order valence-electron chi connectivity index (χ3n) is 5.71. The van der Waals surface area contributed by atoms with E-state index in [1.54, 1.807) is 34.6 Å². The quantitative estimate of drug-likeness (QED) is 0.310. The summed E-state index contributed by atoms with van der Waals surface area (Å²) in [6.07, 6.45) is 5.73. The molecule has 0 aliphatic carbocycles. The highest BCUT2D eigenvalue weighted by atomic mass is 35.5. The average Bonchev–Trinajstić information content (AvgIpc) is 3.42. The lowest BCUT2D eigenvalue weighted by molar-refractivity contribution is -0.142. The number of carbonyl (C=O) groups excluding carboxylic acids is 3. The molecule has 192 valence electrons. The van der Waals surface area contributed by atoms with Crippen molar-refractivity contribution in [1.29, 1.82) is 0 Å². The second-order valence-corrected chi connectivity index (χ2v) is 10.6. The first kappa shape index (κ1) is 28.0. The van der Waals surface area contributed by atoms with Gasteiger partial charge < -0.3 is 20.6 Å². The van der Waals surface area contributed by atoms with Gasteiger partial charge in [0.25, 0.3) is 5.91 Å². The van der Waals surface area contributed by atoms with Crippen molar-refractivity contribution in [3.8, 4) is 0 Å². The van der Waals surface area contributed by atoms with Gasteiger partial charge in [0.2, 0.25) is 11.8 Å². The van der Waals surface area contributed by atoms with Crippen LogP contribution in [0.15, 0.2) is 40.6 Å². The molecule has 3 rings (SSSR count). The number of amides is 3. The predicted molar refractivity (Wildman–Crippen MR) is 143 cm³/mol. The van der Waals surface area contributed by atoms with E-state index in [-0.39, 0.29) is 12.5 Å². The summed E-state index contributed by atoms with van der Waals surface area (Å²) >= 11 is 15.3. The second kappa shape index (κ2) is 13.1. The summed E-state index contributed by atoms with van der Waals surface area (Å²) in [5, 5.41) is 17.1. The molecule has 1 aliphatic heterocycles. The lowest BCUT2D eigenvalue weighted by Crippen LogP contribution is -2.51. The van der Waals surface area contributed by atoms with E-state index in [2.05, 4.69) is 10.6 Å². The highest BCUT2D eigenvalue weighted by molar-refractivity contribution is 7.98. The molecule has 1 fully saturated rings. The van der Waals surface area contributed by atoms with Crippen molar-refractivity contribution in [2.75, 3.05) is 25.9 Å². The largest absolute Gasteiger partial charge is 0.480 e. The summed E-state index contributed by atoms with van der Waals surface area (Å²) in [5.74, 6) is -2.69. The SMILES string of the molecule is CSc1ccc(/C=C/C(=O)N2CCC(C(=O)N[C@@H](CNC(=O)c3cccs3)C(=O)O)CC2)c(Cl)c1Cl. The molecule has 1 saturated heterocycles. The zero-order valence-corrected chi connectivity index (χ0v) is 22.5. The van der Waals surface area contributed by atoms with Crippen molar-refractivity contribution in [2.45, 2.75) is 23.8 Å². The maximum absolute atomic E-state index is 12.7. The molecule has 36 heavy (non-hydrogen) atoms. The summed E-state index contributed by atoms with van der Waals surface area (Å²) in [7, 11) is 0. The maximum Gasteiger partial charge on any atom is 0.328 e. The van der Waals surface area contributed by atoms with Gasteiger partial charge >= 0.3 is 5.97 Å². The van der Waals surface area contributed by atoms with E-state index in [1.165, 1.54) is 29.2 Å². The average molecular weight is 571 g/mol. The van der Waals surface area contributed by atoms with Gasteiger partial charge in [-0.2, -0.15) is 0 Å². The number of carbonyl (C=O) groups is 4. The molecule has 2 heterocycles. The minimum absolute atomic E-state index is 0.213. The number of hydrogen-bond donors (Lipinski definition) is 3.